The molecule has 1 N–H and O–H groups in total. The molecular weight excluding hydrogens is 324 g/mol. The van der Waals surface area contributed by atoms with Crippen molar-refractivity contribution in [1.29, 1.82) is 0 Å². The van der Waals surface area contributed by atoms with E-state index in [0.29, 0.717) is 16.9 Å². The first-order valence-corrected chi connectivity index (χ1v) is 8.98. The van der Waals surface area contributed by atoms with Crippen molar-refractivity contribution in [3.05, 3.63) is 40.9 Å². The molecule has 0 aromatic heterocycles. The van der Waals surface area contributed by atoms with Crippen LogP contribution in [0.3, 0.4) is 0 Å². The van der Waals surface area contributed by atoms with Crippen molar-refractivity contribution in [1.82, 2.24) is 4.90 Å². The standard InChI is InChI=1S/C19H19ClN2O2/c1-9-14(20)3-2-4-15(9)21-8-22-18(23)16-10-5-6-11(13-7-12(10)13)17(16)19(22)24/h2-6,10-13,16-17,21H,7-8H2,1H3/t10-,11-,12-,13-,16+,17+/m1/s1. The van der Waals surface area contributed by atoms with Crippen molar-refractivity contribution in [2.75, 3.05) is 12.0 Å². The van der Waals surface area contributed by atoms with Crippen molar-refractivity contribution in [3.63, 3.8) is 0 Å². The highest BCUT2D eigenvalue weighted by molar-refractivity contribution is 6.31. The fourth-order valence-corrected chi connectivity index (χ4v) is 5.31. The minimum atomic E-state index is -0.126. The first-order valence-electron chi connectivity index (χ1n) is 8.60. The van der Waals surface area contributed by atoms with E-state index < -0.39 is 0 Å². The Balaban J connectivity index is 1.38. The third-order valence-electron chi connectivity index (χ3n) is 6.45. The molecule has 2 amide bonds. The highest BCUT2D eigenvalue weighted by atomic mass is 35.5. The van der Waals surface area contributed by atoms with Gasteiger partial charge < -0.3 is 5.32 Å². The number of hydrogen-bond acceptors (Lipinski definition) is 3. The molecule has 6 rings (SSSR count). The monoisotopic (exact) mass is 342 g/mol. The Labute approximate surface area is 145 Å². The van der Waals surface area contributed by atoms with Crippen LogP contribution in [-0.4, -0.2) is 23.4 Å². The summed E-state index contributed by atoms with van der Waals surface area (Å²) < 4.78 is 0. The number of amides is 2. The first kappa shape index (κ1) is 14.5. The van der Waals surface area contributed by atoms with Crippen LogP contribution in [0.1, 0.15) is 12.0 Å². The number of imide groups is 1. The summed E-state index contributed by atoms with van der Waals surface area (Å²) in [6.45, 7) is 2.15. The molecule has 1 saturated heterocycles. The molecule has 4 nitrogen and oxygen atoms in total. The van der Waals surface area contributed by atoms with Gasteiger partial charge in [-0.15, -0.1) is 0 Å². The van der Waals surface area contributed by atoms with Gasteiger partial charge in [0.15, 0.2) is 0 Å². The van der Waals surface area contributed by atoms with Crippen molar-refractivity contribution < 1.29 is 9.59 Å². The van der Waals surface area contributed by atoms with Gasteiger partial charge in [0.2, 0.25) is 11.8 Å². The molecule has 0 radical (unpaired) electrons. The summed E-state index contributed by atoms with van der Waals surface area (Å²) in [7, 11) is 0. The number of likely N-dealkylation sites (tertiary alicyclic amines) is 1. The lowest BCUT2D eigenvalue weighted by molar-refractivity contribution is -0.139. The van der Waals surface area contributed by atoms with Crippen molar-refractivity contribution >= 4 is 29.1 Å². The van der Waals surface area contributed by atoms with Crippen LogP contribution < -0.4 is 5.32 Å². The highest BCUT2D eigenvalue weighted by Gasteiger charge is 2.66. The van der Waals surface area contributed by atoms with Gasteiger partial charge in [-0.2, -0.15) is 0 Å². The van der Waals surface area contributed by atoms with E-state index in [4.69, 9.17) is 11.6 Å². The van der Waals surface area contributed by atoms with Gasteiger partial charge in [0.25, 0.3) is 0 Å². The Hall–Kier alpha value is -1.81. The van der Waals surface area contributed by atoms with Crippen molar-refractivity contribution in [2.45, 2.75) is 13.3 Å². The molecule has 2 bridgehead atoms. The maximum absolute atomic E-state index is 12.9. The molecule has 3 fully saturated rings. The zero-order valence-electron chi connectivity index (χ0n) is 13.4. The minimum Gasteiger partial charge on any atom is -0.367 e. The maximum atomic E-state index is 12.9. The van der Waals surface area contributed by atoms with E-state index in [1.54, 1.807) is 0 Å². The number of hydrogen-bond donors (Lipinski definition) is 1. The molecule has 0 unspecified atom stereocenters. The smallest absolute Gasteiger partial charge is 0.235 e. The number of carbonyl (C=O) groups excluding carboxylic acids is 2. The molecule has 1 aromatic carbocycles. The van der Waals surface area contributed by atoms with Crippen LogP contribution in [-0.2, 0) is 9.59 Å². The second-order valence-corrected chi connectivity index (χ2v) is 7.91. The summed E-state index contributed by atoms with van der Waals surface area (Å²) in [5.41, 5.74) is 1.79. The van der Waals surface area contributed by atoms with E-state index in [-0.39, 0.29) is 42.2 Å². The van der Waals surface area contributed by atoms with Crippen LogP contribution in [0.4, 0.5) is 5.69 Å². The second-order valence-electron chi connectivity index (χ2n) is 7.51. The van der Waals surface area contributed by atoms with Gasteiger partial charge in [0.05, 0.1) is 18.5 Å². The summed E-state index contributed by atoms with van der Waals surface area (Å²) in [5.74, 6) is 1.58. The molecule has 0 spiro atoms. The van der Waals surface area contributed by atoms with E-state index in [9.17, 15) is 9.59 Å². The lowest BCUT2D eigenvalue weighted by Gasteiger charge is -2.37. The van der Waals surface area contributed by atoms with Gasteiger partial charge in [-0.25, -0.2) is 0 Å². The molecule has 2 saturated carbocycles. The Kier molecular flexibility index (Phi) is 2.94. The SMILES string of the molecule is Cc1c(Cl)cccc1NCN1C(=O)[C@H]2[C@@H]3C=C[C@H]([C@H]4C[C@H]34)[C@@H]2C1=O. The Bertz CT molecular complexity index is 754. The summed E-state index contributed by atoms with van der Waals surface area (Å²) in [4.78, 5) is 27.2. The molecule has 4 aliphatic carbocycles. The average Bonchev–Trinajstić information content (AvgIpc) is 3.35. The predicted octanol–water partition coefficient (Wildman–Crippen LogP) is 3.07. The molecule has 5 heteroatoms. The molecule has 5 aliphatic rings. The van der Waals surface area contributed by atoms with Crippen LogP contribution in [0.15, 0.2) is 30.4 Å². The Morgan fingerprint density at radius 2 is 1.75 bits per heavy atom. The van der Waals surface area contributed by atoms with E-state index in [2.05, 4.69) is 17.5 Å². The van der Waals surface area contributed by atoms with Crippen molar-refractivity contribution in [2.24, 2.45) is 35.5 Å². The molecule has 1 heterocycles. The van der Waals surface area contributed by atoms with Crippen LogP contribution in [0.25, 0.3) is 0 Å². The van der Waals surface area contributed by atoms with Crippen LogP contribution in [0, 0.1) is 42.4 Å². The number of nitrogens with zero attached hydrogens (tertiary/aromatic N) is 1. The van der Waals surface area contributed by atoms with Gasteiger partial charge in [0.1, 0.15) is 0 Å². The second kappa shape index (κ2) is 4.85. The quantitative estimate of drug-likeness (QED) is 0.678. The Morgan fingerprint density at radius 3 is 2.38 bits per heavy atom. The third kappa shape index (κ3) is 1.80. The number of anilines is 1. The van der Waals surface area contributed by atoms with E-state index in [0.717, 1.165) is 11.3 Å². The normalized spacial score (nSPS) is 38.3. The summed E-state index contributed by atoms with van der Waals surface area (Å²) in [5, 5.41) is 3.89. The van der Waals surface area contributed by atoms with Gasteiger partial charge in [0, 0.05) is 10.7 Å². The number of carbonyl (C=O) groups is 2. The molecular formula is C19H19ClN2O2. The van der Waals surface area contributed by atoms with Gasteiger partial charge in [-0.3, -0.25) is 14.5 Å². The van der Waals surface area contributed by atoms with Gasteiger partial charge >= 0.3 is 0 Å². The maximum Gasteiger partial charge on any atom is 0.235 e. The number of benzene rings is 1. The fourth-order valence-electron chi connectivity index (χ4n) is 5.14. The predicted molar refractivity (Wildman–Crippen MR) is 91.2 cm³/mol. The largest absolute Gasteiger partial charge is 0.367 e. The number of rotatable bonds is 3. The molecule has 6 atom stereocenters. The van der Waals surface area contributed by atoms with E-state index in [1.807, 2.05) is 25.1 Å². The summed E-state index contributed by atoms with van der Waals surface area (Å²) in [6.07, 6.45) is 5.59. The van der Waals surface area contributed by atoms with Crippen LogP contribution in [0.2, 0.25) is 5.02 Å². The summed E-state index contributed by atoms with van der Waals surface area (Å²) >= 11 is 6.14. The number of halogens is 1. The van der Waals surface area contributed by atoms with Crippen LogP contribution in [0.5, 0.6) is 0 Å². The minimum absolute atomic E-state index is 0.00174. The highest BCUT2D eigenvalue weighted by Crippen LogP contribution is 2.65. The van der Waals surface area contributed by atoms with Gasteiger partial charge in [-0.1, -0.05) is 29.8 Å². The lowest BCUT2D eigenvalue weighted by atomic mass is 9.63. The zero-order valence-corrected chi connectivity index (χ0v) is 14.2. The van der Waals surface area contributed by atoms with Crippen molar-refractivity contribution in [3.8, 4) is 0 Å². The lowest BCUT2D eigenvalue weighted by Crippen LogP contribution is -2.40. The van der Waals surface area contributed by atoms with Gasteiger partial charge in [-0.05, 0) is 54.7 Å². The topological polar surface area (TPSA) is 49.4 Å². The average molecular weight is 343 g/mol. The molecule has 124 valence electrons. The van der Waals surface area contributed by atoms with E-state index >= 15 is 0 Å². The Morgan fingerprint density at radius 1 is 1.12 bits per heavy atom. The zero-order chi connectivity index (χ0) is 16.6. The molecule has 1 aliphatic heterocycles. The molecule has 1 aromatic rings. The third-order valence-corrected chi connectivity index (χ3v) is 6.86. The summed E-state index contributed by atoms with van der Waals surface area (Å²) in [6, 6.07) is 5.61. The fraction of sp³-hybridized carbons (Fsp3) is 0.474. The number of nitrogens with one attached hydrogen (secondary N) is 1. The number of allylic oxidation sites excluding steroid dienone is 2. The molecule has 24 heavy (non-hydrogen) atoms. The first-order chi connectivity index (χ1) is 11.6. The van der Waals surface area contributed by atoms with Crippen LogP contribution >= 0.6 is 11.6 Å². The van der Waals surface area contributed by atoms with E-state index in [1.165, 1.54) is 11.3 Å².